The second-order valence-electron chi connectivity index (χ2n) is 5.81. The van der Waals surface area contributed by atoms with Crippen LogP contribution in [0, 0.1) is 13.8 Å². The third-order valence-electron chi connectivity index (χ3n) is 3.37. The lowest BCUT2D eigenvalue weighted by Crippen LogP contribution is -2.40. The van der Waals surface area contributed by atoms with Crippen LogP contribution in [-0.4, -0.2) is 29.6 Å². The highest BCUT2D eigenvalue weighted by Gasteiger charge is 2.14. The van der Waals surface area contributed by atoms with E-state index in [4.69, 9.17) is 14.6 Å². The zero-order chi connectivity index (χ0) is 18.4. The molecule has 0 heterocycles. The van der Waals surface area contributed by atoms with Crippen LogP contribution >= 0.6 is 0 Å². The molecule has 0 bridgehead atoms. The zero-order valence-corrected chi connectivity index (χ0v) is 14.4. The van der Waals surface area contributed by atoms with Crippen LogP contribution in [0.1, 0.15) is 18.1 Å². The normalized spacial score (nSPS) is 11.5. The molecule has 25 heavy (non-hydrogen) atoms. The Hall–Kier alpha value is -3.02. The zero-order valence-electron chi connectivity index (χ0n) is 14.4. The minimum atomic E-state index is -1.10. The Bertz CT molecular complexity index is 735. The second-order valence-corrected chi connectivity index (χ2v) is 5.81. The van der Waals surface area contributed by atoms with Gasteiger partial charge in [0.1, 0.15) is 23.3 Å². The number of benzene rings is 2. The fourth-order valence-corrected chi connectivity index (χ4v) is 2.23. The number of carboxylic acid groups (broad SMARTS) is 1. The van der Waals surface area contributed by atoms with Gasteiger partial charge < -0.3 is 19.9 Å². The summed E-state index contributed by atoms with van der Waals surface area (Å²) >= 11 is 0. The highest BCUT2D eigenvalue weighted by atomic mass is 16.5. The van der Waals surface area contributed by atoms with Crippen LogP contribution in [0.15, 0.2) is 42.5 Å². The van der Waals surface area contributed by atoms with Crippen LogP contribution in [0.5, 0.6) is 17.2 Å². The molecular formula is C19H21NO5. The van der Waals surface area contributed by atoms with Gasteiger partial charge >= 0.3 is 5.97 Å². The van der Waals surface area contributed by atoms with Gasteiger partial charge in [-0.25, -0.2) is 0 Å². The predicted molar refractivity (Wildman–Crippen MR) is 93.2 cm³/mol. The Labute approximate surface area is 146 Å². The molecule has 2 rings (SSSR count). The standard InChI is InChI=1S/C19H21NO5/c1-12-8-13(2)10-17(9-12)25-16-6-4-15(5-7-16)24-11-18(21)20-14(3)19(22)23/h4-10,14H,11H2,1-3H3,(H,20,21)(H,22,23). The third kappa shape index (κ3) is 5.84. The molecule has 0 saturated carbocycles. The summed E-state index contributed by atoms with van der Waals surface area (Å²) in [5, 5.41) is 11.0. The number of aliphatic carboxylic acids is 1. The van der Waals surface area contributed by atoms with E-state index in [1.807, 2.05) is 26.0 Å². The summed E-state index contributed by atoms with van der Waals surface area (Å²) in [6, 6.07) is 11.9. The number of carbonyl (C=O) groups is 2. The molecule has 0 aliphatic carbocycles. The fraction of sp³-hybridized carbons (Fsp3) is 0.263. The van der Waals surface area contributed by atoms with E-state index in [0.29, 0.717) is 11.5 Å². The Morgan fingerprint density at radius 1 is 1.00 bits per heavy atom. The van der Waals surface area contributed by atoms with E-state index in [0.717, 1.165) is 16.9 Å². The number of carboxylic acids is 1. The molecule has 0 aliphatic rings. The number of rotatable bonds is 7. The molecule has 1 unspecified atom stereocenters. The summed E-state index contributed by atoms with van der Waals surface area (Å²) < 4.78 is 11.1. The van der Waals surface area contributed by atoms with Gasteiger partial charge in [-0.3, -0.25) is 9.59 Å². The molecule has 0 saturated heterocycles. The van der Waals surface area contributed by atoms with Gasteiger partial charge in [0.05, 0.1) is 0 Å². The molecule has 6 heteroatoms. The van der Waals surface area contributed by atoms with E-state index < -0.39 is 17.9 Å². The first-order chi connectivity index (χ1) is 11.8. The van der Waals surface area contributed by atoms with E-state index in [9.17, 15) is 9.59 Å². The number of carbonyl (C=O) groups excluding carboxylic acids is 1. The first kappa shape index (κ1) is 18.3. The molecule has 2 aromatic rings. The smallest absolute Gasteiger partial charge is 0.325 e. The van der Waals surface area contributed by atoms with E-state index in [-0.39, 0.29) is 6.61 Å². The molecule has 1 amide bonds. The SMILES string of the molecule is Cc1cc(C)cc(Oc2ccc(OCC(=O)NC(C)C(=O)O)cc2)c1. The summed E-state index contributed by atoms with van der Waals surface area (Å²) in [5.41, 5.74) is 2.24. The van der Waals surface area contributed by atoms with Gasteiger partial charge in [0.25, 0.3) is 5.91 Å². The number of amides is 1. The lowest BCUT2D eigenvalue weighted by atomic mass is 10.1. The molecule has 132 valence electrons. The minimum Gasteiger partial charge on any atom is -0.484 e. The number of hydrogen-bond acceptors (Lipinski definition) is 4. The molecule has 2 aromatic carbocycles. The quantitative estimate of drug-likeness (QED) is 0.807. The Morgan fingerprint density at radius 2 is 1.56 bits per heavy atom. The van der Waals surface area contributed by atoms with Crippen LogP contribution in [0.25, 0.3) is 0 Å². The summed E-state index contributed by atoms with van der Waals surface area (Å²) in [6.45, 7) is 5.15. The van der Waals surface area contributed by atoms with Crippen molar-refractivity contribution < 1.29 is 24.2 Å². The lowest BCUT2D eigenvalue weighted by molar-refractivity contribution is -0.141. The number of ether oxygens (including phenoxy) is 2. The largest absolute Gasteiger partial charge is 0.484 e. The van der Waals surface area contributed by atoms with Crippen LogP contribution in [0.3, 0.4) is 0 Å². The summed E-state index contributed by atoms with van der Waals surface area (Å²) in [5.74, 6) is 0.312. The lowest BCUT2D eigenvalue weighted by Gasteiger charge is -2.11. The van der Waals surface area contributed by atoms with Crippen molar-refractivity contribution in [2.45, 2.75) is 26.8 Å². The van der Waals surface area contributed by atoms with Crippen molar-refractivity contribution in [1.82, 2.24) is 5.32 Å². The van der Waals surface area contributed by atoms with Crippen molar-refractivity contribution in [3.63, 3.8) is 0 Å². The molecule has 0 aliphatic heterocycles. The van der Waals surface area contributed by atoms with Crippen LogP contribution in [0.2, 0.25) is 0 Å². The fourth-order valence-electron chi connectivity index (χ4n) is 2.23. The highest BCUT2D eigenvalue weighted by molar-refractivity contribution is 5.84. The summed E-state index contributed by atoms with van der Waals surface area (Å²) in [7, 11) is 0. The molecule has 2 N–H and O–H groups in total. The molecule has 6 nitrogen and oxygen atoms in total. The third-order valence-corrected chi connectivity index (χ3v) is 3.37. The number of nitrogens with one attached hydrogen (secondary N) is 1. The Balaban J connectivity index is 1.89. The predicted octanol–water partition coefficient (Wildman–Crippen LogP) is 3.06. The Kier molecular flexibility index (Phi) is 6.00. The van der Waals surface area contributed by atoms with Gasteiger partial charge in [0.2, 0.25) is 0 Å². The highest BCUT2D eigenvalue weighted by Crippen LogP contribution is 2.25. The van der Waals surface area contributed by atoms with Crippen molar-refractivity contribution in [2.75, 3.05) is 6.61 Å². The van der Waals surface area contributed by atoms with Crippen LogP contribution in [0.4, 0.5) is 0 Å². The second kappa shape index (κ2) is 8.19. The molecule has 0 spiro atoms. The van der Waals surface area contributed by atoms with Crippen molar-refractivity contribution in [2.24, 2.45) is 0 Å². The Morgan fingerprint density at radius 3 is 2.12 bits per heavy atom. The maximum Gasteiger partial charge on any atom is 0.325 e. The monoisotopic (exact) mass is 343 g/mol. The van der Waals surface area contributed by atoms with Crippen molar-refractivity contribution in [3.8, 4) is 17.2 Å². The number of hydrogen-bond donors (Lipinski definition) is 2. The van der Waals surface area contributed by atoms with E-state index in [1.165, 1.54) is 6.92 Å². The van der Waals surface area contributed by atoms with Gasteiger partial charge in [0.15, 0.2) is 6.61 Å². The van der Waals surface area contributed by atoms with Gasteiger partial charge in [-0.2, -0.15) is 0 Å². The average molecular weight is 343 g/mol. The molecular weight excluding hydrogens is 322 g/mol. The maximum absolute atomic E-state index is 11.6. The average Bonchev–Trinajstić information content (AvgIpc) is 2.53. The van der Waals surface area contributed by atoms with Gasteiger partial charge in [-0.05, 0) is 68.3 Å². The number of aryl methyl sites for hydroxylation is 2. The van der Waals surface area contributed by atoms with Crippen molar-refractivity contribution in [1.29, 1.82) is 0 Å². The van der Waals surface area contributed by atoms with Gasteiger partial charge in [-0.15, -0.1) is 0 Å². The van der Waals surface area contributed by atoms with Gasteiger partial charge in [0, 0.05) is 0 Å². The first-order valence-electron chi connectivity index (χ1n) is 7.84. The summed E-state index contributed by atoms with van der Waals surface area (Å²) in [6.07, 6.45) is 0. The van der Waals surface area contributed by atoms with Crippen LogP contribution < -0.4 is 14.8 Å². The molecule has 0 fully saturated rings. The first-order valence-corrected chi connectivity index (χ1v) is 7.84. The van der Waals surface area contributed by atoms with Crippen molar-refractivity contribution in [3.05, 3.63) is 53.6 Å². The van der Waals surface area contributed by atoms with Crippen molar-refractivity contribution >= 4 is 11.9 Å². The summed E-state index contributed by atoms with van der Waals surface area (Å²) in [4.78, 5) is 22.2. The molecule has 0 aromatic heterocycles. The van der Waals surface area contributed by atoms with Gasteiger partial charge in [-0.1, -0.05) is 6.07 Å². The van der Waals surface area contributed by atoms with E-state index in [2.05, 4.69) is 11.4 Å². The molecule has 1 atom stereocenters. The topological polar surface area (TPSA) is 84.9 Å². The van der Waals surface area contributed by atoms with Crippen LogP contribution in [-0.2, 0) is 9.59 Å². The molecule has 0 radical (unpaired) electrons. The van der Waals surface area contributed by atoms with E-state index in [1.54, 1.807) is 24.3 Å². The van der Waals surface area contributed by atoms with E-state index >= 15 is 0 Å². The minimum absolute atomic E-state index is 0.255. The maximum atomic E-state index is 11.6.